The highest BCUT2D eigenvalue weighted by molar-refractivity contribution is 5.79. The van der Waals surface area contributed by atoms with Gasteiger partial charge in [-0.3, -0.25) is 4.79 Å². The third-order valence-corrected chi connectivity index (χ3v) is 5.46. The molecule has 0 bridgehead atoms. The van der Waals surface area contributed by atoms with E-state index in [1.54, 1.807) is 12.3 Å². The summed E-state index contributed by atoms with van der Waals surface area (Å²) in [5, 5.41) is 7.37. The monoisotopic (exact) mass is 411 g/mol. The van der Waals surface area contributed by atoms with Gasteiger partial charge in [0.1, 0.15) is 11.5 Å². The maximum atomic E-state index is 14.2. The number of aromatic nitrogens is 2. The van der Waals surface area contributed by atoms with Gasteiger partial charge in [0.05, 0.1) is 18.7 Å². The number of hydrogen-bond donors (Lipinski definition) is 1. The molecule has 3 aromatic rings. The van der Waals surface area contributed by atoms with E-state index in [1.165, 1.54) is 16.8 Å². The summed E-state index contributed by atoms with van der Waals surface area (Å²) in [5.41, 5.74) is 2.73. The first-order valence-electron chi connectivity index (χ1n) is 9.78. The van der Waals surface area contributed by atoms with Crippen LogP contribution in [-0.4, -0.2) is 22.5 Å². The van der Waals surface area contributed by atoms with Crippen molar-refractivity contribution in [3.8, 4) is 17.2 Å². The zero-order valence-corrected chi connectivity index (χ0v) is 16.0. The number of benzene rings is 2. The third kappa shape index (κ3) is 3.38. The van der Waals surface area contributed by atoms with Crippen molar-refractivity contribution in [3.63, 3.8) is 0 Å². The molecule has 1 amide bonds. The molecular formula is C22H19F2N3O3. The Kier molecular flexibility index (Phi) is 4.61. The maximum absolute atomic E-state index is 14.2. The fourth-order valence-corrected chi connectivity index (χ4v) is 4.05. The second-order valence-electron chi connectivity index (χ2n) is 7.43. The van der Waals surface area contributed by atoms with Crippen molar-refractivity contribution in [3.05, 3.63) is 71.1 Å². The van der Waals surface area contributed by atoms with E-state index in [-0.39, 0.29) is 30.9 Å². The number of halogens is 2. The number of carbonyl (C=O) groups excluding carboxylic acids is 1. The normalized spacial score (nSPS) is 16.9. The van der Waals surface area contributed by atoms with Crippen molar-refractivity contribution in [2.24, 2.45) is 0 Å². The van der Waals surface area contributed by atoms with Crippen LogP contribution in [0.4, 0.5) is 8.78 Å². The topological polar surface area (TPSA) is 65.4 Å². The summed E-state index contributed by atoms with van der Waals surface area (Å²) in [5.74, 6) is -0.104. The first-order chi connectivity index (χ1) is 14.6. The molecule has 5 rings (SSSR count). The number of nitrogens with zero attached hydrogens (tertiary/aromatic N) is 2. The van der Waals surface area contributed by atoms with Crippen molar-refractivity contribution in [2.75, 3.05) is 6.79 Å². The third-order valence-electron chi connectivity index (χ3n) is 5.46. The Morgan fingerprint density at radius 1 is 1.17 bits per heavy atom. The summed E-state index contributed by atoms with van der Waals surface area (Å²) < 4.78 is 39.6. The molecule has 154 valence electrons. The highest BCUT2D eigenvalue weighted by Gasteiger charge is 2.27. The van der Waals surface area contributed by atoms with Gasteiger partial charge >= 0.3 is 0 Å². The van der Waals surface area contributed by atoms with E-state index in [0.29, 0.717) is 17.9 Å². The largest absolute Gasteiger partial charge is 0.454 e. The van der Waals surface area contributed by atoms with Crippen LogP contribution in [0.2, 0.25) is 0 Å². The molecule has 0 saturated carbocycles. The van der Waals surface area contributed by atoms with Crippen molar-refractivity contribution < 1.29 is 23.0 Å². The van der Waals surface area contributed by atoms with Crippen molar-refractivity contribution in [1.82, 2.24) is 15.1 Å². The first-order valence-corrected chi connectivity index (χ1v) is 9.78. The summed E-state index contributed by atoms with van der Waals surface area (Å²) >= 11 is 0. The molecular weight excluding hydrogens is 392 g/mol. The van der Waals surface area contributed by atoms with Gasteiger partial charge in [0.2, 0.25) is 12.7 Å². The Hall–Kier alpha value is -3.42. The van der Waals surface area contributed by atoms with E-state index in [2.05, 4.69) is 10.4 Å². The number of ether oxygens (including phenoxy) is 2. The fraction of sp³-hybridized carbons (Fsp3) is 0.273. The Labute approximate surface area is 171 Å². The minimum atomic E-state index is -0.671. The summed E-state index contributed by atoms with van der Waals surface area (Å²) in [6.45, 7) is 0.189. The lowest BCUT2D eigenvalue weighted by molar-refractivity contribution is -0.121. The van der Waals surface area contributed by atoms with E-state index in [0.717, 1.165) is 35.7 Å². The van der Waals surface area contributed by atoms with Gasteiger partial charge in [0.15, 0.2) is 17.3 Å². The van der Waals surface area contributed by atoms with Gasteiger partial charge in [0.25, 0.3) is 0 Å². The molecule has 6 nitrogen and oxygen atoms in total. The van der Waals surface area contributed by atoms with Gasteiger partial charge in [-0.05, 0) is 49.1 Å². The molecule has 2 aromatic carbocycles. The van der Waals surface area contributed by atoms with Crippen LogP contribution in [0.15, 0.2) is 42.6 Å². The second-order valence-corrected chi connectivity index (χ2v) is 7.43. The summed E-state index contributed by atoms with van der Waals surface area (Å²) in [7, 11) is 0. The standard InChI is InChI=1S/C22H19F2N3O3/c23-14-5-6-19(16(24)10-14)27-18-3-1-2-17(15(18)11-25-27)26-22(28)9-13-4-7-20-21(8-13)30-12-29-20/h4-8,10-11,17H,1-3,9,12H2,(H,26,28)/t17-/m0/s1. The minimum absolute atomic E-state index is 0.118. The Morgan fingerprint density at radius 3 is 2.90 bits per heavy atom. The van der Waals surface area contributed by atoms with E-state index in [9.17, 15) is 13.6 Å². The SMILES string of the molecule is O=C(Cc1ccc2c(c1)OCO2)N[C@H]1CCCc2c1cnn2-c1ccc(F)cc1F. The Morgan fingerprint density at radius 2 is 2.03 bits per heavy atom. The van der Waals surface area contributed by atoms with Gasteiger partial charge in [0, 0.05) is 17.3 Å². The summed E-state index contributed by atoms with van der Waals surface area (Å²) in [6, 6.07) is 8.67. The zero-order valence-electron chi connectivity index (χ0n) is 16.0. The summed E-state index contributed by atoms with van der Waals surface area (Å²) in [4.78, 5) is 12.6. The molecule has 1 aliphatic heterocycles. The molecule has 2 heterocycles. The van der Waals surface area contributed by atoms with Crippen LogP contribution in [0.3, 0.4) is 0 Å². The van der Waals surface area contributed by atoms with Crippen LogP contribution in [-0.2, 0) is 17.6 Å². The fourth-order valence-electron chi connectivity index (χ4n) is 4.05. The molecule has 0 unspecified atom stereocenters. The van der Waals surface area contributed by atoms with Gasteiger partial charge in [-0.1, -0.05) is 6.07 Å². The molecule has 0 spiro atoms. The highest BCUT2D eigenvalue weighted by atomic mass is 19.1. The molecule has 1 aliphatic carbocycles. The molecule has 0 saturated heterocycles. The molecule has 30 heavy (non-hydrogen) atoms. The number of nitrogens with one attached hydrogen (secondary N) is 1. The van der Waals surface area contributed by atoms with Crippen molar-refractivity contribution >= 4 is 5.91 Å². The van der Waals surface area contributed by atoms with Gasteiger partial charge < -0.3 is 14.8 Å². The van der Waals surface area contributed by atoms with E-state index in [1.807, 2.05) is 12.1 Å². The van der Waals surface area contributed by atoms with Crippen LogP contribution in [0.1, 0.15) is 35.7 Å². The Balaban J connectivity index is 1.34. The van der Waals surface area contributed by atoms with Gasteiger partial charge in [-0.25, -0.2) is 13.5 Å². The maximum Gasteiger partial charge on any atom is 0.231 e. The van der Waals surface area contributed by atoms with Crippen molar-refractivity contribution in [1.29, 1.82) is 0 Å². The number of hydrogen-bond acceptors (Lipinski definition) is 4. The molecule has 8 heteroatoms. The lowest BCUT2D eigenvalue weighted by Gasteiger charge is -2.24. The Bertz CT molecular complexity index is 1130. The highest BCUT2D eigenvalue weighted by Crippen LogP contribution is 2.34. The molecule has 2 aliphatic rings. The average Bonchev–Trinajstić information content (AvgIpc) is 3.35. The van der Waals surface area contributed by atoms with Gasteiger partial charge in [-0.2, -0.15) is 5.10 Å². The van der Waals surface area contributed by atoms with Crippen LogP contribution in [0.5, 0.6) is 11.5 Å². The quantitative estimate of drug-likeness (QED) is 0.712. The van der Waals surface area contributed by atoms with Crippen LogP contribution >= 0.6 is 0 Å². The van der Waals surface area contributed by atoms with Gasteiger partial charge in [-0.15, -0.1) is 0 Å². The number of carbonyl (C=O) groups is 1. The predicted molar refractivity (Wildman–Crippen MR) is 104 cm³/mol. The van der Waals surface area contributed by atoms with Crippen LogP contribution < -0.4 is 14.8 Å². The first kappa shape index (κ1) is 18.6. The summed E-state index contributed by atoms with van der Waals surface area (Å²) in [6.07, 6.45) is 4.18. The number of fused-ring (bicyclic) bond motifs is 2. The van der Waals surface area contributed by atoms with Crippen molar-refractivity contribution in [2.45, 2.75) is 31.7 Å². The molecule has 1 aromatic heterocycles. The minimum Gasteiger partial charge on any atom is -0.454 e. The zero-order chi connectivity index (χ0) is 20.7. The average molecular weight is 411 g/mol. The second kappa shape index (κ2) is 7.44. The van der Waals surface area contributed by atoms with E-state index < -0.39 is 11.6 Å². The lowest BCUT2D eigenvalue weighted by Crippen LogP contribution is -2.32. The molecule has 0 radical (unpaired) electrons. The number of rotatable bonds is 4. The van der Waals surface area contributed by atoms with Crippen LogP contribution in [0, 0.1) is 11.6 Å². The number of amides is 1. The molecule has 1 N–H and O–H groups in total. The van der Waals surface area contributed by atoms with Crippen LogP contribution in [0.25, 0.3) is 5.69 Å². The smallest absolute Gasteiger partial charge is 0.231 e. The van der Waals surface area contributed by atoms with E-state index >= 15 is 0 Å². The van der Waals surface area contributed by atoms with E-state index in [4.69, 9.17) is 9.47 Å². The lowest BCUT2D eigenvalue weighted by atomic mass is 9.92. The predicted octanol–water partition coefficient (Wildman–Crippen LogP) is 3.62. The molecule has 0 fully saturated rings. The molecule has 1 atom stereocenters.